The molecule has 3 rings (SSSR count). The molecule has 0 radical (unpaired) electrons. The normalized spacial score (nSPS) is 19.3. The van der Waals surface area contributed by atoms with E-state index in [0.717, 1.165) is 10.9 Å². The summed E-state index contributed by atoms with van der Waals surface area (Å²) in [5, 5.41) is 9.76. The molecule has 1 aromatic rings. The Balaban J connectivity index is 1.81. The van der Waals surface area contributed by atoms with Gasteiger partial charge < -0.3 is 4.57 Å². The molecule has 0 amide bonds. The molecule has 16 heavy (non-hydrogen) atoms. The number of hydrogen-bond donors (Lipinski definition) is 0. The summed E-state index contributed by atoms with van der Waals surface area (Å²) in [7, 11) is 0. The van der Waals surface area contributed by atoms with Crippen LogP contribution in [0.15, 0.2) is 5.16 Å². The van der Waals surface area contributed by atoms with E-state index in [1.165, 1.54) is 31.5 Å². The van der Waals surface area contributed by atoms with Crippen LogP contribution in [0, 0.1) is 11.8 Å². The second-order valence-electron chi connectivity index (χ2n) is 4.43. The molecular formula is C12H15N3S. The van der Waals surface area contributed by atoms with Crippen LogP contribution in [0.3, 0.4) is 0 Å². The first kappa shape index (κ1) is 10.2. The Morgan fingerprint density at radius 2 is 2.12 bits per heavy atom. The van der Waals surface area contributed by atoms with Gasteiger partial charge in [-0.05, 0) is 32.6 Å². The quantitative estimate of drug-likeness (QED) is 0.591. The molecule has 0 unspecified atom stereocenters. The van der Waals surface area contributed by atoms with Crippen molar-refractivity contribution in [3.63, 3.8) is 0 Å². The number of hydrogen-bond acceptors (Lipinski definition) is 3. The fourth-order valence-corrected chi connectivity index (χ4v) is 2.68. The number of rotatable bonds is 4. The summed E-state index contributed by atoms with van der Waals surface area (Å²) in [6.07, 6.45) is 5.18. The molecule has 2 aliphatic rings. The Hall–Kier alpha value is -0.950. The minimum absolute atomic E-state index is 0.683. The van der Waals surface area contributed by atoms with Crippen molar-refractivity contribution in [2.45, 2.75) is 49.7 Å². The molecule has 4 heteroatoms. The minimum Gasteiger partial charge on any atom is -0.303 e. The summed E-state index contributed by atoms with van der Waals surface area (Å²) in [6.45, 7) is 1.88. The Morgan fingerprint density at radius 3 is 2.75 bits per heavy atom. The fourth-order valence-electron chi connectivity index (χ4n) is 1.86. The first-order valence-electron chi connectivity index (χ1n) is 5.87. The molecule has 0 saturated heterocycles. The SMILES string of the molecule is CC#CCSc1nnc(C2CC2)n1C1CC1. The molecule has 2 saturated carbocycles. The van der Waals surface area contributed by atoms with Gasteiger partial charge in [0.05, 0.1) is 5.75 Å². The van der Waals surface area contributed by atoms with E-state index in [1.807, 2.05) is 6.92 Å². The van der Waals surface area contributed by atoms with Crippen LogP contribution in [-0.4, -0.2) is 20.5 Å². The van der Waals surface area contributed by atoms with E-state index in [-0.39, 0.29) is 0 Å². The van der Waals surface area contributed by atoms with E-state index in [9.17, 15) is 0 Å². The van der Waals surface area contributed by atoms with E-state index in [2.05, 4.69) is 26.6 Å². The summed E-state index contributed by atoms with van der Waals surface area (Å²) in [5.74, 6) is 8.74. The monoisotopic (exact) mass is 233 g/mol. The zero-order valence-electron chi connectivity index (χ0n) is 9.44. The van der Waals surface area contributed by atoms with Crippen LogP contribution in [0.2, 0.25) is 0 Å². The van der Waals surface area contributed by atoms with E-state index in [0.29, 0.717) is 12.0 Å². The van der Waals surface area contributed by atoms with Crippen molar-refractivity contribution >= 4 is 11.8 Å². The Kier molecular flexibility index (Phi) is 2.64. The van der Waals surface area contributed by atoms with Gasteiger partial charge in [-0.3, -0.25) is 0 Å². The molecule has 3 nitrogen and oxygen atoms in total. The van der Waals surface area contributed by atoms with Crippen molar-refractivity contribution in [2.24, 2.45) is 0 Å². The first-order chi connectivity index (χ1) is 7.90. The van der Waals surface area contributed by atoms with Gasteiger partial charge in [0, 0.05) is 12.0 Å². The van der Waals surface area contributed by atoms with Gasteiger partial charge in [0.15, 0.2) is 5.16 Å². The highest BCUT2D eigenvalue weighted by molar-refractivity contribution is 7.99. The maximum absolute atomic E-state index is 4.36. The molecule has 0 bridgehead atoms. The largest absolute Gasteiger partial charge is 0.303 e. The third-order valence-electron chi connectivity index (χ3n) is 3.00. The van der Waals surface area contributed by atoms with E-state index in [1.54, 1.807) is 11.8 Å². The number of aromatic nitrogens is 3. The minimum atomic E-state index is 0.683. The summed E-state index contributed by atoms with van der Waals surface area (Å²) < 4.78 is 2.37. The number of thioether (sulfide) groups is 1. The summed E-state index contributed by atoms with van der Waals surface area (Å²) in [5.41, 5.74) is 0. The second-order valence-corrected chi connectivity index (χ2v) is 5.37. The molecule has 0 aliphatic heterocycles. The maximum atomic E-state index is 4.36. The van der Waals surface area contributed by atoms with Gasteiger partial charge in [-0.1, -0.05) is 17.7 Å². The standard InChI is InChI=1S/C12H15N3S/c1-2-3-8-16-12-14-13-11(9-4-5-9)15(12)10-6-7-10/h9-10H,4-8H2,1H3. The van der Waals surface area contributed by atoms with Crippen molar-refractivity contribution in [2.75, 3.05) is 5.75 Å². The van der Waals surface area contributed by atoms with Gasteiger partial charge in [0.2, 0.25) is 0 Å². The third-order valence-corrected chi connectivity index (χ3v) is 3.82. The number of nitrogens with zero attached hydrogens (tertiary/aromatic N) is 3. The average Bonchev–Trinajstić information content (AvgIpc) is 3.19. The molecule has 2 fully saturated rings. The molecule has 0 spiro atoms. The third kappa shape index (κ3) is 1.97. The van der Waals surface area contributed by atoms with Crippen molar-refractivity contribution in [3.8, 4) is 11.8 Å². The van der Waals surface area contributed by atoms with Crippen molar-refractivity contribution in [1.29, 1.82) is 0 Å². The van der Waals surface area contributed by atoms with Gasteiger partial charge in [-0.2, -0.15) is 0 Å². The molecule has 2 aliphatic carbocycles. The molecule has 0 N–H and O–H groups in total. The molecular weight excluding hydrogens is 218 g/mol. The lowest BCUT2D eigenvalue weighted by atomic mass is 10.4. The van der Waals surface area contributed by atoms with Gasteiger partial charge >= 0.3 is 0 Å². The lowest BCUT2D eigenvalue weighted by molar-refractivity contribution is 0.627. The fraction of sp³-hybridized carbons (Fsp3) is 0.667. The zero-order chi connectivity index (χ0) is 11.0. The van der Waals surface area contributed by atoms with E-state index in [4.69, 9.17) is 0 Å². The van der Waals surface area contributed by atoms with E-state index < -0.39 is 0 Å². The Morgan fingerprint density at radius 1 is 1.31 bits per heavy atom. The van der Waals surface area contributed by atoms with Crippen LogP contribution < -0.4 is 0 Å². The maximum Gasteiger partial charge on any atom is 0.192 e. The highest BCUT2D eigenvalue weighted by Crippen LogP contribution is 2.45. The summed E-state index contributed by atoms with van der Waals surface area (Å²) in [6, 6.07) is 0.683. The Labute approximate surface area is 100 Å². The molecule has 1 aromatic heterocycles. The van der Waals surface area contributed by atoms with Crippen LogP contribution in [-0.2, 0) is 0 Å². The lowest BCUT2D eigenvalue weighted by Gasteiger charge is -2.06. The summed E-state index contributed by atoms with van der Waals surface area (Å²) in [4.78, 5) is 0. The van der Waals surface area contributed by atoms with Gasteiger partial charge in [0.1, 0.15) is 5.82 Å². The van der Waals surface area contributed by atoms with Gasteiger partial charge in [0.25, 0.3) is 0 Å². The topological polar surface area (TPSA) is 30.7 Å². The highest BCUT2D eigenvalue weighted by Gasteiger charge is 2.36. The average molecular weight is 233 g/mol. The molecule has 1 heterocycles. The Bertz CT molecular complexity index is 447. The summed E-state index contributed by atoms with van der Waals surface area (Å²) >= 11 is 1.72. The molecule has 0 atom stereocenters. The van der Waals surface area contributed by atoms with Gasteiger partial charge in [-0.25, -0.2) is 0 Å². The lowest BCUT2D eigenvalue weighted by Crippen LogP contribution is -2.01. The smallest absolute Gasteiger partial charge is 0.192 e. The van der Waals surface area contributed by atoms with Crippen LogP contribution in [0.5, 0.6) is 0 Å². The van der Waals surface area contributed by atoms with Crippen LogP contribution in [0.4, 0.5) is 0 Å². The predicted molar refractivity (Wildman–Crippen MR) is 64.4 cm³/mol. The second kappa shape index (κ2) is 4.14. The zero-order valence-corrected chi connectivity index (χ0v) is 10.3. The van der Waals surface area contributed by atoms with Crippen LogP contribution in [0.1, 0.15) is 50.4 Å². The van der Waals surface area contributed by atoms with E-state index >= 15 is 0 Å². The van der Waals surface area contributed by atoms with Crippen molar-refractivity contribution in [3.05, 3.63) is 5.82 Å². The van der Waals surface area contributed by atoms with Crippen LogP contribution in [0.25, 0.3) is 0 Å². The van der Waals surface area contributed by atoms with Crippen LogP contribution >= 0.6 is 11.8 Å². The molecule has 84 valence electrons. The van der Waals surface area contributed by atoms with Gasteiger partial charge in [-0.15, -0.1) is 16.1 Å². The van der Waals surface area contributed by atoms with Crippen molar-refractivity contribution in [1.82, 2.24) is 14.8 Å². The first-order valence-corrected chi connectivity index (χ1v) is 6.86. The molecule has 0 aromatic carbocycles. The highest BCUT2D eigenvalue weighted by atomic mass is 32.2. The van der Waals surface area contributed by atoms with Crippen molar-refractivity contribution < 1.29 is 0 Å². The predicted octanol–water partition coefficient (Wildman–Crippen LogP) is 2.61.